The van der Waals surface area contributed by atoms with Crippen LogP contribution in [0, 0.1) is 17.8 Å². The lowest BCUT2D eigenvalue weighted by molar-refractivity contribution is -0.142. The van der Waals surface area contributed by atoms with Gasteiger partial charge in [-0.15, -0.1) is 0 Å². The third-order valence-corrected chi connectivity index (χ3v) is 7.12. The smallest absolute Gasteiger partial charge is 0.330 e. The van der Waals surface area contributed by atoms with Gasteiger partial charge in [-0.1, -0.05) is 45.9 Å². The van der Waals surface area contributed by atoms with E-state index in [-0.39, 0.29) is 12.6 Å². The molecule has 180 valence electrons. The fourth-order valence-corrected chi connectivity index (χ4v) is 5.34. The maximum absolute atomic E-state index is 13.3. The molecule has 2 aliphatic rings. The molecule has 6 nitrogen and oxygen atoms in total. The second kappa shape index (κ2) is 9.61. The van der Waals surface area contributed by atoms with Gasteiger partial charge < -0.3 is 9.47 Å². The Hall–Kier alpha value is -3.15. The van der Waals surface area contributed by atoms with Crippen LogP contribution in [0.2, 0.25) is 0 Å². The van der Waals surface area contributed by atoms with E-state index in [0.29, 0.717) is 40.0 Å². The molecule has 2 aromatic carbocycles. The molecular formula is C28H33NO5. The molecule has 0 aromatic heterocycles. The number of hydrogen-bond donors (Lipinski definition) is 0. The first-order chi connectivity index (χ1) is 16.2. The van der Waals surface area contributed by atoms with E-state index in [2.05, 4.69) is 27.4 Å². The average molecular weight is 464 g/mol. The highest BCUT2D eigenvalue weighted by Crippen LogP contribution is 2.40. The van der Waals surface area contributed by atoms with Gasteiger partial charge in [0, 0.05) is 28.0 Å². The molecule has 1 aliphatic carbocycles. The zero-order valence-corrected chi connectivity index (χ0v) is 20.4. The van der Waals surface area contributed by atoms with Crippen molar-refractivity contribution in [3.8, 4) is 5.75 Å². The molecule has 0 saturated heterocycles. The highest BCUT2D eigenvalue weighted by atomic mass is 16.5. The number of nitrogens with zero attached hydrogens (tertiary/aromatic N) is 1. The van der Waals surface area contributed by atoms with Crippen LogP contribution in [0.25, 0.3) is 10.8 Å². The number of ether oxygens (including phenoxy) is 2. The number of benzene rings is 2. The summed E-state index contributed by atoms with van der Waals surface area (Å²) in [5.41, 5.74) is 0.912. The van der Waals surface area contributed by atoms with Crippen LogP contribution in [-0.4, -0.2) is 41.4 Å². The molecule has 0 bridgehead atoms. The van der Waals surface area contributed by atoms with Gasteiger partial charge in [0.1, 0.15) is 18.0 Å². The molecule has 2 amide bonds. The largest absolute Gasteiger partial charge is 0.489 e. The Kier molecular flexibility index (Phi) is 6.78. The fourth-order valence-electron chi connectivity index (χ4n) is 5.34. The Bertz CT molecular complexity index is 1110. The molecule has 34 heavy (non-hydrogen) atoms. The zero-order chi connectivity index (χ0) is 24.6. The first-order valence-electron chi connectivity index (χ1n) is 12.1. The second-order valence-electron chi connectivity index (χ2n) is 9.99. The van der Waals surface area contributed by atoms with E-state index >= 15 is 0 Å². The summed E-state index contributed by atoms with van der Waals surface area (Å²) in [5, 5.41) is 1.41. The summed E-state index contributed by atoms with van der Waals surface area (Å²) in [4.78, 5) is 39.3. The lowest BCUT2D eigenvalue weighted by Gasteiger charge is -2.37. The van der Waals surface area contributed by atoms with Crippen molar-refractivity contribution in [2.24, 2.45) is 17.8 Å². The van der Waals surface area contributed by atoms with Crippen molar-refractivity contribution in [1.29, 1.82) is 0 Å². The quantitative estimate of drug-likeness (QED) is 0.313. The molecule has 1 fully saturated rings. The Morgan fingerprint density at radius 2 is 1.82 bits per heavy atom. The van der Waals surface area contributed by atoms with E-state index in [1.54, 1.807) is 19.1 Å². The topological polar surface area (TPSA) is 72.9 Å². The van der Waals surface area contributed by atoms with Crippen LogP contribution in [0.4, 0.5) is 0 Å². The number of carbonyl (C=O) groups excluding carboxylic acids is 3. The van der Waals surface area contributed by atoms with Gasteiger partial charge in [0.05, 0.1) is 6.54 Å². The zero-order valence-electron chi connectivity index (χ0n) is 20.4. The monoisotopic (exact) mass is 463 g/mol. The maximum Gasteiger partial charge on any atom is 0.330 e. The Balaban J connectivity index is 1.67. The predicted molar refractivity (Wildman–Crippen MR) is 131 cm³/mol. The number of rotatable bonds is 7. The van der Waals surface area contributed by atoms with Gasteiger partial charge in [0.2, 0.25) is 0 Å². The van der Waals surface area contributed by atoms with Gasteiger partial charge in [-0.3, -0.25) is 14.5 Å². The Morgan fingerprint density at radius 1 is 1.12 bits per heavy atom. The van der Waals surface area contributed by atoms with E-state index in [4.69, 9.17) is 9.47 Å². The van der Waals surface area contributed by atoms with Crippen LogP contribution < -0.4 is 4.74 Å². The summed E-state index contributed by atoms with van der Waals surface area (Å²) < 4.78 is 11.8. The summed E-state index contributed by atoms with van der Waals surface area (Å²) in [6.07, 6.45) is 3.87. The molecule has 4 rings (SSSR count). The number of esters is 1. The highest BCUT2D eigenvalue weighted by Gasteiger charge is 2.36. The van der Waals surface area contributed by atoms with Crippen LogP contribution in [-0.2, 0) is 9.53 Å². The van der Waals surface area contributed by atoms with Crippen molar-refractivity contribution < 1.29 is 23.9 Å². The first-order valence-corrected chi connectivity index (χ1v) is 12.1. The predicted octanol–water partition coefficient (Wildman–Crippen LogP) is 5.39. The molecule has 1 aliphatic heterocycles. The highest BCUT2D eigenvalue weighted by molar-refractivity contribution is 6.26. The maximum atomic E-state index is 13.3. The molecule has 2 aromatic rings. The third-order valence-electron chi connectivity index (χ3n) is 7.12. The van der Waals surface area contributed by atoms with Crippen molar-refractivity contribution >= 4 is 28.6 Å². The number of imide groups is 1. The number of amides is 2. The van der Waals surface area contributed by atoms with Crippen LogP contribution in [0.1, 0.15) is 67.7 Å². The fraction of sp³-hybridized carbons (Fsp3) is 0.464. The minimum absolute atomic E-state index is 0.0264. The van der Waals surface area contributed by atoms with Crippen LogP contribution in [0.3, 0.4) is 0 Å². The van der Waals surface area contributed by atoms with Crippen molar-refractivity contribution in [2.45, 2.75) is 59.2 Å². The molecule has 1 saturated carbocycles. The number of hydrogen-bond acceptors (Lipinski definition) is 5. The third kappa shape index (κ3) is 4.46. The molecule has 0 N–H and O–H groups in total. The van der Waals surface area contributed by atoms with Crippen LogP contribution in [0.5, 0.6) is 5.75 Å². The van der Waals surface area contributed by atoms with Crippen molar-refractivity contribution in [2.75, 3.05) is 6.54 Å². The van der Waals surface area contributed by atoms with E-state index in [1.807, 2.05) is 18.2 Å². The number of carbonyl (C=O) groups is 3. The standard InChI is InChI=1S/C28H33NO5/c1-6-25(30)33-18(5)15-29-27(31)21-9-7-8-20-23(13-12-22(26(20)21)28(29)32)34-24-14-17(4)10-11-19(24)16(2)3/h6-9,12-13,16-19,24H,1,10-11,14-15H2,2-5H3. The second-order valence-corrected chi connectivity index (χ2v) is 9.99. The van der Waals surface area contributed by atoms with Gasteiger partial charge in [-0.05, 0) is 55.7 Å². The summed E-state index contributed by atoms with van der Waals surface area (Å²) in [7, 11) is 0. The van der Waals surface area contributed by atoms with Crippen LogP contribution >= 0.6 is 0 Å². The summed E-state index contributed by atoms with van der Waals surface area (Å²) in [6, 6.07) is 9.08. The van der Waals surface area contributed by atoms with Gasteiger partial charge in [-0.25, -0.2) is 4.79 Å². The SMILES string of the molecule is C=CC(=O)OC(C)CN1C(=O)c2cccc3c(OC4CC(C)CCC4C(C)C)ccc(c23)C1=O. The normalized spacial score (nSPS) is 23.2. The lowest BCUT2D eigenvalue weighted by Crippen LogP contribution is -2.44. The van der Waals surface area contributed by atoms with Crippen molar-refractivity contribution in [3.05, 3.63) is 54.1 Å². The molecule has 1 heterocycles. The van der Waals surface area contributed by atoms with Gasteiger partial charge >= 0.3 is 5.97 Å². The summed E-state index contributed by atoms with van der Waals surface area (Å²) >= 11 is 0. The van der Waals surface area contributed by atoms with Crippen molar-refractivity contribution in [1.82, 2.24) is 4.90 Å². The molecule has 4 unspecified atom stereocenters. The van der Waals surface area contributed by atoms with Crippen LogP contribution in [0.15, 0.2) is 43.0 Å². The molecule has 6 heteroatoms. The Labute approximate surface area is 200 Å². The first kappa shape index (κ1) is 24.0. The van der Waals surface area contributed by atoms with Gasteiger partial charge in [0.25, 0.3) is 11.8 Å². The van der Waals surface area contributed by atoms with E-state index in [9.17, 15) is 14.4 Å². The van der Waals surface area contributed by atoms with Crippen molar-refractivity contribution in [3.63, 3.8) is 0 Å². The van der Waals surface area contributed by atoms with E-state index in [1.165, 1.54) is 6.42 Å². The van der Waals surface area contributed by atoms with Gasteiger partial charge in [-0.2, -0.15) is 0 Å². The molecule has 0 spiro atoms. The lowest BCUT2D eigenvalue weighted by atomic mass is 9.75. The molecule has 0 radical (unpaired) electrons. The molecule has 4 atom stereocenters. The van der Waals surface area contributed by atoms with E-state index in [0.717, 1.165) is 29.2 Å². The Morgan fingerprint density at radius 3 is 2.50 bits per heavy atom. The minimum Gasteiger partial charge on any atom is -0.489 e. The summed E-state index contributed by atoms with van der Waals surface area (Å²) in [6.45, 7) is 11.8. The molecular weight excluding hydrogens is 430 g/mol. The van der Waals surface area contributed by atoms with Gasteiger partial charge in [0.15, 0.2) is 0 Å². The average Bonchev–Trinajstić information content (AvgIpc) is 2.80. The van der Waals surface area contributed by atoms with E-state index < -0.39 is 23.9 Å². The minimum atomic E-state index is -0.650. The summed E-state index contributed by atoms with van der Waals surface area (Å²) in [5.74, 6) is 0.931.